The summed E-state index contributed by atoms with van der Waals surface area (Å²) in [5.74, 6) is 0.347. The summed E-state index contributed by atoms with van der Waals surface area (Å²) >= 11 is 0. The maximum Gasteiger partial charge on any atom is 0.472 e. The van der Waals surface area contributed by atoms with Crippen LogP contribution in [-0.4, -0.2) is 96.7 Å². The van der Waals surface area contributed by atoms with E-state index < -0.39 is 97.5 Å². The fourth-order valence-corrected chi connectivity index (χ4v) is 16.1. The Hall–Kier alpha value is -1.94. The zero-order chi connectivity index (χ0) is 82.2. The molecule has 7 atom stereocenters. The number of hydrogen-bond donors (Lipinski definition) is 3. The normalized spacial score (nSPS) is 14.2. The van der Waals surface area contributed by atoms with Crippen molar-refractivity contribution >= 4 is 39.5 Å². The van der Waals surface area contributed by atoms with Crippen LogP contribution in [0.25, 0.3) is 0 Å². The van der Waals surface area contributed by atoms with Crippen LogP contribution in [0.3, 0.4) is 0 Å². The molecule has 0 aliphatic rings. The molecule has 0 saturated heterocycles. The molecule has 0 aliphatic heterocycles. The van der Waals surface area contributed by atoms with E-state index in [1.807, 2.05) is 0 Å². The highest BCUT2D eigenvalue weighted by molar-refractivity contribution is 7.47. The number of phosphoric acid groups is 2. The van der Waals surface area contributed by atoms with Crippen LogP contribution in [0.2, 0.25) is 0 Å². The molecule has 0 aromatic carbocycles. The van der Waals surface area contributed by atoms with Crippen molar-refractivity contribution in [3.05, 3.63) is 0 Å². The van der Waals surface area contributed by atoms with Crippen molar-refractivity contribution in [3.63, 3.8) is 0 Å². The molecule has 0 aliphatic carbocycles. The van der Waals surface area contributed by atoms with Gasteiger partial charge in [-0.1, -0.05) is 447 Å². The predicted octanol–water partition coefficient (Wildman–Crippen LogP) is 28.8. The van der Waals surface area contributed by atoms with E-state index in [4.69, 9.17) is 37.0 Å². The lowest BCUT2D eigenvalue weighted by Crippen LogP contribution is -2.30. The molecule has 4 unspecified atom stereocenters. The first-order valence-corrected chi connectivity index (χ1v) is 50.9. The van der Waals surface area contributed by atoms with Crippen LogP contribution >= 0.6 is 15.6 Å². The van der Waals surface area contributed by atoms with E-state index >= 15 is 0 Å². The van der Waals surface area contributed by atoms with Gasteiger partial charge in [0.25, 0.3) is 0 Å². The maximum absolute atomic E-state index is 13.2. The number of rotatable bonds is 91. The monoisotopic (exact) mass is 1630 g/mol. The molecule has 112 heavy (non-hydrogen) atoms. The smallest absolute Gasteiger partial charge is 0.462 e. The average molecular weight is 1630 g/mol. The molecule has 0 bridgehead atoms. The standard InChI is InChI=1S/C93H182O17P2/c1-8-11-12-13-14-15-16-17-18-19-20-21-22-26-29-35-40-45-53-60-67-74-90(95)103-80-88(109-92(97)76-69-62-55-46-41-36-30-27-24-23-25-28-33-38-43-50-57-64-71-84(4)5)82-107-111(99,100)105-78-87(94)79-106-112(101,102)108-83-89(81-104-91(96)75-68-61-54-49-48-52-59-66-73-86(7)10-3)110-93(98)77-70-63-56-47-42-37-32-31-34-39-44-51-58-65-72-85(6)9-2/h84-89,94H,8-83H2,1-7H3,(H,99,100)(H,101,102)/t85?,86?,87-,88-,89-/m1/s1. The van der Waals surface area contributed by atoms with Gasteiger partial charge in [0.1, 0.15) is 19.3 Å². The Morgan fingerprint density at radius 1 is 0.259 bits per heavy atom. The third kappa shape index (κ3) is 83.1. The fourth-order valence-electron chi connectivity index (χ4n) is 14.5. The van der Waals surface area contributed by atoms with Crippen molar-refractivity contribution in [1.29, 1.82) is 0 Å². The second kappa shape index (κ2) is 82.7. The molecule has 19 heteroatoms. The van der Waals surface area contributed by atoms with Gasteiger partial charge >= 0.3 is 39.5 Å². The summed E-state index contributed by atoms with van der Waals surface area (Å²) in [6, 6.07) is 0. The van der Waals surface area contributed by atoms with Gasteiger partial charge in [-0.15, -0.1) is 0 Å². The Morgan fingerprint density at radius 2 is 0.455 bits per heavy atom. The molecule has 0 saturated carbocycles. The molecule has 0 fully saturated rings. The molecule has 0 spiro atoms. The van der Waals surface area contributed by atoms with Crippen LogP contribution in [0, 0.1) is 17.8 Å². The van der Waals surface area contributed by atoms with Gasteiger partial charge in [0, 0.05) is 25.7 Å². The van der Waals surface area contributed by atoms with Gasteiger partial charge in [0.2, 0.25) is 0 Å². The Labute approximate surface area is 689 Å². The summed E-state index contributed by atoms with van der Waals surface area (Å²) in [6.45, 7) is 12.1. The highest BCUT2D eigenvalue weighted by Gasteiger charge is 2.31. The van der Waals surface area contributed by atoms with Gasteiger partial charge in [-0.3, -0.25) is 37.3 Å². The second-order valence-corrected chi connectivity index (χ2v) is 37.3. The van der Waals surface area contributed by atoms with E-state index in [-0.39, 0.29) is 25.7 Å². The van der Waals surface area contributed by atoms with Crippen molar-refractivity contribution in [2.75, 3.05) is 39.6 Å². The zero-order valence-corrected chi connectivity index (χ0v) is 75.9. The van der Waals surface area contributed by atoms with E-state index in [1.54, 1.807) is 0 Å². The van der Waals surface area contributed by atoms with Crippen LogP contribution < -0.4 is 0 Å². The highest BCUT2D eigenvalue weighted by Crippen LogP contribution is 2.45. The van der Waals surface area contributed by atoms with Crippen LogP contribution in [0.4, 0.5) is 0 Å². The van der Waals surface area contributed by atoms with Gasteiger partial charge in [0.05, 0.1) is 26.4 Å². The second-order valence-electron chi connectivity index (χ2n) is 34.4. The summed E-state index contributed by atoms with van der Waals surface area (Å²) < 4.78 is 69.1. The van der Waals surface area contributed by atoms with Gasteiger partial charge < -0.3 is 33.8 Å². The van der Waals surface area contributed by atoms with Gasteiger partial charge in [0.15, 0.2) is 12.2 Å². The third-order valence-corrected chi connectivity index (χ3v) is 24.5. The molecule has 0 aromatic rings. The Morgan fingerprint density at radius 3 is 0.679 bits per heavy atom. The SMILES string of the molecule is CCCCCCCCCCCCCCCCCCCCCCCC(=O)OC[C@H](COP(=O)(O)OC[C@@H](O)COP(=O)(O)OC[C@@H](COC(=O)CCCCCCCCCCC(C)CC)OC(=O)CCCCCCCCCCCCCCCCC(C)CC)OC(=O)CCCCCCCCCCCCCCCCCCCCC(C)C. The lowest BCUT2D eigenvalue weighted by molar-refractivity contribution is -0.161. The lowest BCUT2D eigenvalue weighted by Gasteiger charge is -2.21. The van der Waals surface area contributed by atoms with Crippen molar-refractivity contribution in [3.8, 4) is 0 Å². The van der Waals surface area contributed by atoms with Crippen molar-refractivity contribution in [1.82, 2.24) is 0 Å². The van der Waals surface area contributed by atoms with Gasteiger partial charge in [-0.2, -0.15) is 0 Å². The highest BCUT2D eigenvalue weighted by atomic mass is 31.2. The summed E-state index contributed by atoms with van der Waals surface area (Å²) in [4.78, 5) is 73.5. The van der Waals surface area contributed by atoms with E-state index in [9.17, 15) is 43.2 Å². The van der Waals surface area contributed by atoms with Crippen molar-refractivity contribution in [2.45, 2.75) is 516 Å². The topological polar surface area (TPSA) is 237 Å². The number of carbonyl (C=O) groups excluding carboxylic acids is 4. The van der Waals surface area contributed by atoms with E-state index in [0.29, 0.717) is 25.7 Å². The molecule has 3 N–H and O–H groups in total. The number of phosphoric ester groups is 2. The Bertz CT molecular complexity index is 2150. The van der Waals surface area contributed by atoms with Crippen molar-refractivity contribution in [2.24, 2.45) is 17.8 Å². The van der Waals surface area contributed by atoms with Crippen LogP contribution in [0.5, 0.6) is 0 Å². The van der Waals surface area contributed by atoms with E-state index in [0.717, 1.165) is 108 Å². The summed E-state index contributed by atoms with van der Waals surface area (Å²) in [6.07, 6.45) is 76.4. The molecule has 666 valence electrons. The molecule has 0 radical (unpaired) electrons. The molecule has 0 aromatic heterocycles. The predicted molar refractivity (Wildman–Crippen MR) is 465 cm³/mol. The Kier molecular flexibility index (Phi) is 81.3. The van der Waals surface area contributed by atoms with Crippen LogP contribution in [0.1, 0.15) is 498 Å². The first-order chi connectivity index (χ1) is 54.3. The number of aliphatic hydroxyl groups is 1. The zero-order valence-electron chi connectivity index (χ0n) is 74.2. The molecular weight excluding hydrogens is 1450 g/mol. The summed E-state index contributed by atoms with van der Waals surface area (Å²) in [7, 11) is -9.94. The fraction of sp³-hybridized carbons (Fsp3) is 0.957. The molecule has 0 amide bonds. The van der Waals surface area contributed by atoms with Crippen LogP contribution in [0.15, 0.2) is 0 Å². The summed E-state index contributed by atoms with van der Waals surface area (Å²) in [5.41, 5.74) is 0. The minimum Gasteiger partial charge on any atom is -0.462 e. The molecule has 0 rings (SSSR count). The lowest BCUT2D eigenvalue weighted by atomic mass is 9.99. The quantitative estimate of drug-likeness (QED) is 0.0222. The minimum atomic E-state index is -4.97. The summed E-state index contributed by atoms with van der Waals surface area (Å²) in [5, 5.41) is 10.7. The number of aliphatic hydroxyl groups excluding tert-OH is 1. The average Bonchev–Trinajstić information content (AvgIpc) is 0.898. The number of esters is 4. The Balaban J connectivity index is 5.25. The largest absolute Gasteiger partial charge is 0.472 e. The molecule has 17 nitrogen and oxygen atoms in total. The minimum absolute atomic E-state index is 0.107. The maximum atomic E-state index is 13.2. The first kappa shape index (κ1) is 110. The number of ether oxygens (including phenoxy) is 4. The third-order valence-electron chi connectivity index (χ3n) is 22.6. The van der Waals surface area contributed by atoms with Crippen molar-refractivity contribution < 1.29 is 80.2 Å². The van der Waals surface area contributed by atoms with E-state index in [1.165, 1.54) is 308 Å². The van der Waals surface area contributed by atoms with Crippen LogP contribution in [-0.2, 0) is 65.4 Å². The van der Waals surface area contributed by atoms with Gasteiger partial charge in [-0.05, 0) is 43.4 Å². The molecular formula is C93H182O17P2. The van der Waals surface area contributed by atoms with Gasteiger partial charge in [-0.25, -0.2) is 9.13 Å². The number of hydrogen-bond acceptors (Lipinski definition) is 15. The first-order valence-electron chi connectivity index (χ1n) is 47.9. The number of carbonyl (C=O) groups is 4. The molecule has 0 heterocycles. The van der Waals surface area contributed by atoms with E-state index in [2.05, 4.69) is 48.5 Å². The number of unbranched alkanes of at least 4 members (excludes halogenated alkanes) is 57.